The van der Waals surface area contributed by atoms with Crippen LogP contribution in [0.25, 0.3) is 0 Å². The first kappa shape index (κ1) is 10.6. The van der Waals surface area contributed by atoms with Crippen LogP contribution in [-0.2, 0) is 14.3 Å². The summed E-state index contributed by atoms with van der Waals surface area (Å²) < 4.78 is 4.82. The van der Waals surface area contributed by atoms with Crippen LogP contribution >= 0.6 is 0 Å². The SMILES string of the molecule is CCC1(COC)C(=O)NC(=O)NC1=O. The monoisotopic (exact) mass is 200 g/mol. The van der Waals surface area contributed by atoms with Crippen LogP contribution in [0.15, 0.2) is 0 Å². The molecule has 0 unspecified atom stereocenters. The molecule has 6 nitrogen and oxygen atoms in total. The van der Waals surface area contributed by atoms with Crippen molar-refractivity contribution >= 4 is 17.8 Å². The number of urea groups is 1. The number of carbonyl (C=O) groups excluding carboxylic acids is 3. The van der Waals surface area contributed by atoms with Crippen molar-refractivity contribution in [3.63, 3.8) is 0 Å². The fraction of sp³-hybridized carbons (Fsp3) is 0.625. The molecule has 0 aromatic heterocycles. The first-order valence-corrected chi connectivity index (χ1v) is 4.22. The van der Waals surface area contributed by atoms with Gasteiger partial charge in [-0.25, -0.2) is 4.79 Å². The van der Waals surface area contributed by atoms with Gasteiger partial charge in [0.05, 0.1) is 6.61 Å². The molecule has 1 saturated heterocycles. The molecule has 0 aliphatic carbocycles. The Hall–Kier alpha value is -1.43. The summed E-state index contributed by atoms with van der Waals surface area (Å²) in [4.78, 5) is 33.8. The van der Waals surface area contributed by atoms with E-state index >= 15 is 0 Å². The van der Waals surface area contributed by atoms with Crippen LogP contribution in [0.1, 0.15) is 13.3 Å². The number of amides is 4. The highest BCUT2D eigenvalue weighted by atomic mass is 16.5. The number of carbonyl (C=O) groups is 3. The van der Waals surface area contributed by atoms with Gasteiger partial charge in [0.15, 0.2) is 5.41 Å². The number of hydrogen-bond acceptors (Lipinski definition) is 4. The minimum atomic E-state index is -1.28. The van der Waals surface area contributed by atoms with Gasteiger partial charge in [0.25, 0.3) is 0 Å². The van der Waals surface area contributed by atoms with Crippen LogP contribution in [0.3, 0.4) is 0 Å². The molecule has 0 saturated carbocycles. The number of methoxy groups -OCH3 is 1. The van der Waals surface area contributed by atoms with Crippen LogP contribution in [0, 0.1) is 5.41 Å². The van der Waals surface area contributed by atoms with Crippen molar-refractivity contribution in [2.45, 2.75) is 13.3 Å². The predicted molar refractivity (Wildman–Crippen MR) is 46.3 cm³/mol. The van der Waals surface area contributed by atoms with Gasteiger partial charge in [-0.2, -0.15) is 0 Å². The van der Waals surface area contributed by atoms with Gasteiger partial charge in [0, 0.05) is 7.11 Å². The summed E-state index contributed by atoms with van der Waals surface area (Å²) in [5.41, 5.74) is -1.28. The number of rotatable bonds is 3. The van der Waals surface area contributed by atoms with Crippen molar-refractivity contribution in [3.8, 4) is 0 Å². The lowest BCUT2D eigenvalue weighted by atomic mass is 9.82. The van der Waals surface area contributed by atoms with Crippen LogP contribution in [0.5, 0.6) is 0 Å². The third-order valence-electron chi connectivity index (χ3n) is 2.32. The van der Waals surface area contributed by atoms with E-state index < -0.39 is 23.3 Å². The van der Waals surface area contributed by atoms with E-state index in [0.29, 0.717) is 0 Å². The fourth-order valence-electron chi connectivity index (χ4n) is 1.38. The maximum Gasteiger partial charge on any atom is 0.328 e. The van der Waals surface area contributed by atoms with Crippen molar-refractivity contribution in [3.05, 3.63) is 0 Å². The molecule has 1 aliphatic rings. The fourth-order valence-corrected chi connectivity index (χ4v) is 1.38. The van der Waals surface area contributed by atoms with Crippen LogP contribution in [0.2, 0.25) is 0 Å². The zero-order chi connectivity index (χ0) is 10.8. The van der Waals surface area contributed by atoms with E-state index in [1.54, 1.807) is 6.92 Å². The Kier molecular flexibility index (Phi) is 2.85. The average Bonchev–Trinajstić information content (AvgIpc) is 2.11. The molecule has 2 N–H and O–H groups in total. The lowest BCUT2D eigenvalue weighted by Crippen LogP contribution is -2.63. The third kappa shape index (κ3) is 1.48. The van der Waals surface area contributed by atoms with Crippen molar-refractivity contribution in [2.24, 2.45) is 5.41 Å². The van der Waals surface area contributed by atoms with Crippen LogP contribution in [0.4, 0.5) is 4.79 Å². The Balaban J connectivity index is 2.97. The van der Waals surface area contributed by atoms with Gasteiger partial charge < -0.3 is 4.74 Å². The topological polar surface area (TPSA) is 84.5 Å². The Morgan fingerprint density at radius 1 is 1.21 bits per heavy atom. The molecule has 1 fully saturated rings. The summed E-state index contributed by atoms with van der Waals surface area (Å²) >= 11 is 0. The van der Waals surface area contributed by atoms with E-state index in [1.165, 1.54) is 7.11 Å². The first-order valence-electron chi connectivity index (χ1n) is 4.22. The van der Waals surface area contributed by atoms with Crippen LogP contribution < -0.4 is 10.6 Å². The van der Waals surface area contributed by atoms with Crippen molar-refractivity contribution < 1.29 is 19.1 Å². The number of barbiturate groups is 1. The Morgan fingerprint density at radius 2 is 1.71 bits per heavy atom. The molecule has 6 heteroatoms. The molecule has 4 amide bonds. The molecular formula is C8H12N2O4. The van der Waals surface area contributed by atoms with E-state index in [2.05, 4.69) is 0 Å². The number of hydrogen-bond donors (Lipinski definition) is 2. The van der Waals surface area contributed by atoms with E-state index in [9.17, 15) is 14.4 Å². The lowest BCUT2D eigenvalue weighted by molar-refractivity contribution is -0.148. The molecule has 14 heavy (non-hydrogen) atoms. The largest absolute Gasteiger partial charge is 0.383 e. The Morgan fingerprint density at radius 3 is 2.07 bits per heavy atom. The predicted octanol–water partition coefficient (Wildman–Crippen LogP) is -0.605. The molecular weight excluding hydrogens is 188 g/mol. The lowest BCUT2D eigenvalue weighted by Gasteiger charge is -2.31. The normalized spacial score (nSPS) is 20.3. The minimum absolute atomic E-state index is 0.0333. The highest BCUT2D eigenvalue weighted by Crippen LogP contribution is 2.25. The van der Waals surface area contributed by atoms with E-state index in [-0.39, 0.29) is 13.0 Å². The van der Waals surface area contributed by atoms with Gasteiger partial charge in [0.2, 0.25) is 11.8 Å². The van der Waals surface area contributed by atoms with E-state index in [1.807, 2.05) is 10.6 Å². The second kappa shape index (κ2) is 3.75. The second-order valence-corrected chi connectivity index (χ2v) is 3.11. The molecule has 0 aromatic rings. The summed E-state index contributed by atoms with van der Waals surface area (Å²) in [6, 6.07) is -0.778. The molecule has 0 aromatic carbocycles. The van der Waals surface area contributed by atoms with Gasteiger partial charge in [-0.15, -0.1) is 0 Å². The molecule has 0 bridgehead atoms. The summed E-state index contributed by atoms with van der Waals surface area (Å²) in [6.45, 7) is 1.66. The van der Waals surface area contributed by atoms with Gasteiger partial charge in [-0.3, -0.25) is 20.2 Å². The summed E-state index contributed by atoms with van der Waals surface area (Å²) in [6.07, 6.45) is 0.284. The van der Waals surface area contributed by atoms with Gasteiger partial charge in [0.1, 0.15) is 0 Å². The maximum atomic E-state index is 11.5. The highest BCUT2D eigenvalue weighted by molar-refractivity contribution is 6.19. The van der Waals surface area contributed by atoms with Crippen LogP contribution in [-0.4, -0.2) is 31.6 Å². The Labute approximate surface area is 81.0 Å². The quantitative estimate of drug-likeness (QED) is 0.595. The third-order valence-corrected chi connectivity index (χ3v) is 2.32. The van der Waals surface area contributed by atoms with E-state index in [4.69, 9.17) is 4.74 Å². The molecule has 0 spiro atoms. The molecule has 1 aliphatic heterocycles. The standard InChI is InChI=1S/C8H12N2O4/c1-3-8(4-14-2)5(11)9-7(13)10-6(8)12/h3-4H2,1-2H3,(H2,9,10,11,12,13). The van der Waals surface area contributed by atoms with Gasteiger partial charge >= 0.3 is 6.03 Å². The number of nitrogens with one attached hydrogen (secondary N) is 2. The molecule has 1 rings (SSSR count). The smallest absolute Gasteiger partial charge is 0.328 e. The summed E-state index contributed by atoms with van der Waals surface area (Å²) in [5.74, 6) is -1.20. The summed E-state index contributed by atoms with van der Waals surface area (Å²) in [7, 11) is 1.40. The van der Waals surface area contributed by atoms with Gasteiger partial charge in [-0.05, 0) is 6.42 Å². The maximum absolute atomic E-state index is 11.5. The first-order chi connectivity index (χ1) is 6.56. The van der Waals surface area contributed by atoms with E-state index in [0.717, 1.165) is 0 Å². The second-order valence-electron chi connectivity index (χ2n) is 3.11. The minimum Gasteiger partial charge on any atom is -0.383 e. The highest BCUT2D eigenvalue weighted by Gasteiger charge is 2.48. The number of imide groups is 2. The average molecular weight is 200 g/mol. The number of ether oxygens (including phenoxy) is 1. The summed E-state index contributed by atoms with van der Waals surface area (Å²) in [5, 5.41) is 4.09. The van der Waals surface area contributed by atoms with Crippen molar-refractivity contribution in [1.82, 2.24) is 10.6 Å². The molecule has 0 radical (unpaired) electrons. The zero-order valence-corrected chi connectivity index (χ0v) is 8.05. The zero-order valence-electron chi connectivity index (χ0n) is 8.05. The van der Waals surface area contributed by atoms with Crippen molar-refractivity contribution in [1.29, 1.82) is 0 Å². The molecule has 0 atom stereocenters. The Bertz CT molecular complexity index is 267. The van der Waals surface area contributed by atoms with Crippen molar-refractivity contribution in [2.75, 3.05) is 13.7 Å². The molecule has 78 valence electrons. The molecule has 1 heterocycles. The van der Waals surface area contributed by atoms with Gasteiger partial charge in [-0.1, -0.05) is 6.92 Å².